The molecule has 0 N–H and O–H groups in total. The van der Waals surface area contributed by atoms with Crippen LogP contribution in [-0.4, -0.2) is 30.1 Å². The number of nitrogens with zero attached hydrogens (tertiary/aromatic N) is 2. The number of piperidine rings is 1. The molecule has 0 aromatic heterocycles. The zero-order valence-corrected chi connectivity index (χ0v) is 10.4. The van der Waals surface area contributed by atoms with Crippen molar-refractivity contribution in [2.45, 2.75) is 24.4 Å². The van der Waals surface area contributed by atoms with Gasteiger partial charge in [0.1, 0.15) is 5.69 Å². The number of hydrogen-bond acceptors (Lipinski definition) is 3. The maximum atomic E-state index is 12.5. The predicted octanol–water partition coefficient (Wildman–Crippen LogP) is 3.06. The van der Waals surface area contributed by atoms with E-state index in [0.29, 0.717) is 0 Å². The van der Waals surface area contributed by atoms with Crippen LogP contribution in [0.5, 0.6) is 0 Å². The number of nitroso groups, excluding NO2 is 1. The lowest BCUT2D eigenvalue weighted by molar-refractivity contribution is -0.186. The molecule has 1 aliphatic heterocycles. The molecule has 1 saturated heterocycles. The fourth-order valence-electron chi connectivity index (χ4n) is 3.24. The summed E-state index contributed by atoms with van der Waals surface area (Å²) in [6, 6.07) is 4.91. The monoisotopic (exact) mass is 284 g/mol. The molecule has 0 radical (unpaired) electrons. The molecule has 2 bridgehead atoms. The number of carbonyl (C=O) groups excluding carboxylic acids is 1. The summed E-state index contributed by atoms with van der Waals surface area (Å²) >= 11 is 0. The Hall–Kier alpha value is -1.92. The standard InChI is InChI=1S/C13H11F3N2O2/c14-13(15,16)12(19)18-5-7-3-8(6-18)11-4-9(17-20)1-2-10(7)11/h1-2,4,7-8H,3,5-6H2. The highest BCUT2D eigenvalue weighted by Crippen LogP contribution is 2.47. The normalized spacial score (nSPS) is 24.4. The molecule has 1 heterocycles. The Bertz CT molecular complexity index is 585. The van der Waals surface area contributed by atoms with Crippen molar-refractivity contribution in [2.24, 2.45) is 5.18 Å². The van der Waals surface area contributed by atoms with E-state index in [1.54, 1.807) is 18.2 Å². The second-order valence-corrected chi connectivity index (χ2v) is 5.24. The van der Waals surface area contributed by atoms with E-state index in [0.717, 1.165) is 22.4 Å². The van der Waals surface area contributed by atoms with Crippen molar-refractivity contribution >= 4 is 11.6 Å². The average Bonchev–Trinajstić information content (AvgIpc) is 2.68. The van der Waals surface area contributed by atoms with Crippen LogP contribution in [0.1, 0.15) is 29.4 Å². The fourth-order valence-corrected chi connectivity index (χ4v) is 3.24. The molecule has 1 amide bonds. The van der Waals surface area contributed by atoms with Crippen molar-refractivity contribution in [2.75, 3.05) is 13.1 Å². The number of rotatable bonds is 1. The zero-order chi connectivity index (χ0) is 14.5. The van der Waals surface area contributed by atoms with Gasteiger partial charge in [-0.1, -0.05) is 6.07 Å². The summed E-state index contributed by atoms with van der Waals surface area (Å²) in [6.45, 7) is 0.125. The quantitative estimate of drug-likeness (QED) is 0.744. The predicted molar refractivity (Wildman–Crippen MR) is 64.6 cm³/mol. The minimum atomic E-state index is -4.83. The number of alkyl halides is 3. The molecule has 7 heteroatoms. The van der Waals surface area contributed by atoms with E-state index in [1.165, 1.54) is 0 Å². The maximum absolute atomic E-state index is 12.5. The third kappa shape index (κ3) is 1.97. The van der Waals surface area contributed by atoms with Crippen LogP contribution in [0, 0.1) is 4.91 Å². The van der Waals surface area contributed by atoms with Crippen LogP contribution in [0.15, 0.2) is 23.4 Å². The van der Waals surface area contributed by atoms with E-state index in [1.807, 2.05) is 0 Å². The minimum Gasteiger partial charge on any atom is -0.334 e. The molecule has 20 heavy (non-hydrogen) atoms. The molecular formula is C13H11F3N2O2. The van der Waals surface area contributed by atoms with Crippen LogP contribution in [0.25, 0.3) is 0 Å². The van der Waals surface area contributed by atoms with Crippen molar-refractivity contribution in [1.29, 1.82) is 0 Å². The second-order valence-electron chi connectivity index (χ2n) is 5.24. The summed E-state index contributed by atoms with van der Waals surface area (Å²) in [5.74, 6) is -2.01. The molecule has 1 aromatic rings. The van der Waals surface area contributed by atoms with Crippen LogP contribution >= 0.6 is 0 Å². The molecule has 2 aliphatic rings. The van der Waals surface area contributed by atoms with Crippen molar-refractivity contribution in [1.82, 2.24) is 4.90 Å². The van der Waals surface area contributed by atoms with Gasteiger partial charge in [0.05, 0.1) is 0 Å². The van der Waals surface area contributed by atoms with Crippen molar-refractivity contribution in [3.8, 4) is 0 Å². The summed E-state index contributed by atoms with van der Waals surface area (Å²) < 4.78 is 37.5. The summed E-state index contributed by atoms with van der Waals surface area (Å²) in [6.07, 6.45) is -4.11. The van der Waals surface area contributed by atoms with E-state index < -0.39 is 12.1 Å². The molecule has 4 nitrogen and oxygen atoms in total. The Labute approximate surface area is 112 Å². The lowest BCUT2D eigenvalue weighted by Crippen LogP contribution is -2.46. The topological polar surface area (TPSA) is 49.7 Å². The van der Waals surface area contributed by atoms with Crippen LogP contribution in [-0.2, 0) is 4.79 Å². The highest BCUT2D eigenvalue weighted by molar-refractivity contribution is 5.82. The number of benzene rings is 1. The molecule has 1 aliphatic carbocycles. The third-order valence-electron chi connectivity index (χ3n) is 4.04. The van der Waals surface area contributed by atoms with Crippen molar-refractivity contribution in [3.63, 3.8) is 0 Å². The molecule has 3 rings (SSSR count). The second kappa shape index (κ2) is 4.29. The van der Waals surface area contributed by atoms with Crippen molar-refractivity contribution in [3.05, 3.63) is 34.2 Å². The smallest absolute Gasteiger partial charge is 0.334 e. The highest BCUT2D eigenvalue weighted by Gasteiger charge is 2.47. The maximum Gasteiger partial charge on any atom is 0.471 e. The SMILES string of the molecule is O=Nc1ccc2c(c1)C1CC2CN(C(=O)C(F)(F)F)C1. The Morgan fingerprint density at radius 2 is 1.85 bits per heavy atom. The molecule has 2 unspecified atom stereocenters. The lowest BCUT2D eigenvalue weighted by atomic mass is 9.95. The van der Waals surface area contributed by atoms with Gasteiger partial charge in [-0.15, -0.1) is 4.91 Å². The number of amides is 1. The Morgan fingerprint density at radius 1 is 1.20 bits per heavy atom. The van der Waals surface area contributed by atoms with Gasteiger partial charge in [0.2, 0.25) is 0 Å². The van der Waals surface area contributed by atoms with E-state index in [9.17, 15) is 22.9 Å². The number of likely N-dealkylation sites (tertiary alicyclic amines) is 1. The number of halogens is 3. The summed E-state index contributed by atoms with van der Waals surface area (Å²) in [7, 11) is 0. The Balaban J connectivity index is 1.90. The number of carbonyl (C=O) groups is 1. The summed E-state index contributed by atoms with van der Waals surface area (Å²) in [5.41, 5.74) is 2.05. The molecule has 0 spiro atoms. The van der Waals surface area contributed by atoms with Gasteiger partial charge in [0.25, 0.3) is 0 Å². The lowest BCUT2D eigenvalue weighted by Gasteiger charge is -2.32. The van der Waals surface area contributed by atoms with Gasteiger partial charge in [-0.25, -0.2) is 0 Å². The van der Waals surface area contributed by atoms with Crippen LogP contribution in [0.4, 0.5) is 18.9 Å². The first-order valence-electron chi connectivity index (χ1n) is 6.23. The first-order chi connectivity index (χ1) is 9.40. The molecular weight excluding hydrogens is 273 g/mol. The number of hydrogen-bond donors (Lipinski definition) is 0. The Morgan fingerprint density at radius 3 is 2.45 bits per heavy atom. The van der Waals surface area contributed by atoms with E-state index in [4.69, 9.17) is 0 Å². The molecule has 1 fully saturated rings. The van der Waals surface area contributed by atoms with E-state index in [-0.39, 0.29) is 30.6 Å². The average molecular weight is 284 g/mol. The molecule has 2 atom stereocenters. The van der Waals surface area contributed by atoms with Gasteiger partial charge in [-0.3, -0.25) is 4.79 Å². The van der Waals surface area contributed by atoms with Crippen LogP contribution < -0.4 is 0 Å². The first-order valence-corrected chi connectivity index (χ1v) is 6.23. The first kappa shape index (κ1) is 13.1. The Kier molecular flexibility index (Phi) is 2.81. The molecule has 0 saturated carbocycles. The van der Waals surface area contributed by atoms with Gasteiger partial charge < -0.3 is 4.90 Å². The van der Waals surface area contributed by atoms with Gasteiger partial charge >= 0.3 is 12.1 Å². The highest BCUT2D eigenvalue weighted by atomic mass is 19.4. The summed E-state index contributed by atoms with van der Waals surface area (Å²) in [4.78, 5) is 22.8. The molecule has 1 aromatic carbocycles. The van der Waals surface area contributed by atoms with Gasteiger partial charge in [0, 0.05) is 24.9 Å². The summed E-state index contributed by atoms with van der Waals surface area (Å²) in [5, 5.41) is 2.85. The zero-order valence-electron chi connectivity index (χ0n) is 10.4. The fraction of sp³-hybridized carbons (Fsp3) is 0.462. The van der Waals surface area contributed by atoms with E-state index in [2.05, 4.69) is 5.18 Å². The van der Waals surface area contributed by atoms with Crippen LogP contribution in [0.3, 0.4) is 0 Å². The van der Waals surface area contributed by atoms with Gasteiger partial charge in [-0.05, 0) is 34.9 Å². The van der Waals surface area contributed by atoms with Crippen molar-refractivity contribution < 1.29 is 18.0 Å². The van der Waals surface area contributed by atoms with Gasteiger partial charge in [-0.2, -0.15) is 13.2 Å². The third-order valence-corrected chi connectivity index (χ3v) is 4.04. The van der Waals surface area contributed by atoms with Crippen LogP contribution in [0.2, 0.25) is 0 Å². The minimum absolute atomic E-state index is 0.0458. The van der Waals surface area contributed by atoms with E-state index >= 15 is 0 Å². The largest absolute Gasteiger partial charge is 0.471 e. The molecule has 106 valence electrons. The number of fused-ring (bicyclic) bond motifs is 5. The van der Waals surface area contributed by atoms with Gasteiger partial charge in [0.15, 0.2) is 0 Å².